The van der Waals surface area contributed by atoms with Crippen molar-refractivity contribution < 1.29 is 14.4 Å². The van der Waals surface area contributed by atoms with Crippen LogP contribution in [0.2, 0.25) is 0 Å². The number of amides is 3. The van der Waals surface area contributed by atoms with Gasteiger partial charge in [-0.15, -0.1) is 0 Å². The normalized spacial score (nSPS) is 13.0. The maximum atomic E-state index is 13.1. The molecule has 7 nitrogen and oxygen atoms in total. The van der Waals surface area contributed by atoms with Gasteiger partial charge in [-0.2, -0.15) is 0 Å². The van der Waals surface area contributed by atoms with Gasteiger partial charge in [0.25, 0.3) is 17.7 Å². The Morgan fingerprint density at radius 3 is 2.14 bits per heavy atom. The van der Waals surface area contributed by atoms with Gasteiger partial charge >= 0.3 is 0 Å². The average Bonchev–Trinajstić information content (AvgIpc) is 3.52. The molecule has 3 amide bonds. The zero-order valence-corrected chi connectivity index (χ0v) is 23.9. The first-order valence-electron chi connectivity index (χ1n) is 13.0. The number of benzene rings is 4. The van der Waals surface area contributed by atoms with E-state index in [1.165, 1.54) is 11.3 Å². The van der Waals surface area contributed by atoms with Crippen molar-refractivity contribution in [3.63, 3.8) is 0 Å². The Morgan fingerprint density at radius 1 is 0.810 bits per heavy atom. The van der Waals surface area contributed by atoms with E-state index in [-0.39, 0.29) is 16.6 Å². The molecule has 0 atom stereocenters. The number of carbonyl (C=O) groups is 3. The number of rotatable bonds is 7. The highest BCUT2D eigenvalue weighted by atomic mass is 35.5. The predicted molar refractivity (Wildman–Crippen MR) is 168 cm³/mol. The van der Waals surface area contributed by atoms with Gasteiger partial charge in [0, 0.05) is 16.8 Å². The van der Waals surface area contributed by atoms with Crippen LogP contribution in [0.3, 0.4) is 0 Å². The molecule has 1 aliphatic heterocycles. The molecule has 6 rings (SSSR count). The Kier molecular flexibility index (Phi) is 7.39. The van der Waals surface area contributed by atoms with E-state index in [1.807, 2.05) is 73.7 Å². The number of nitrogens with zero attached hydrogens (tertiary/aromatic N) is 2. The highest BCUT2D eigenvalue weighted by Crippen LogP contribution is 2.39. The number of hydrogen-bond acceptors (Lipinski definition) is 6. The predicted octanol–water partition coefficient (Wildman–Crippen LogP) is 7.47. The van der Waals surface area contributed by atoms with Crippen molar-refractivity contribution in [2.24, 2.45) is 0 Å². The molecule has 5 aromatic rings. The summed E-state index contributed by atoms with van der Waals surface area (Å²) in [6.07, 6.45) is 0. The smallest absolute Gasteiger partial charge is 0.283 e. The Balaban J connectivity index is 1.19. The van der Waals surface area contributed by atoms with Gasteiger partial charge in [-0.1, -0.05) is 95.7 Å². The largest absolute Gasteiger partial charge is 0.350 e. The third-order valence-corrected chi connectivity index (χ3v) is 8.00. The van der Waals surface area contributed by atoms with Crippen molar-refractivity contribution >= 4 is 57.2 Å². The number of carbonyl (C=O) groups excluding carboxylic acids is 3. The summed E-state index contributed by atoms with van der Waals surface area (Å²) in [5, 5.41) is 6.13. The van der Waals surface area contributed by atoms with E-state index in [2.05, 4.69) is 10.6 Å². The van der Waals surface area contributed by atoms with Gasteiger partial charge in [-0.05, 0) is 54.4 Å². The van der Waals surface area contributed by atoms with Gasteiger partial charge in [-0.25, -0.2) is 9.88 Å². The summed E-state index contributed by atoms with van der Waals surface area (Å²) in [6, 6.07) is 33.4. The van der Waals surface area contributed by atoms with Crippen LogP contribution in [0.4, 0.5) is 16.5 Å². The number of nitrogens with one attached hydrogen (secondary N) is 2. The molecule has 42 heavy (non-hydrogen) atoms. The molecule has 4 aromatic carbocycles. The number of anilines is 3. The third-order valence-electron chi connectivity index (χ3n) is 6.63. The van der Waals surface area contributed by atoms with Crippen LogP contribution >= 0.6 is 22.9 Å². The van der Waals surface area contributed by atoms with Gasteiger partial charge in [0.2, 0.25) is 0 Å². The molecule has 0 radical (unpaired) electrons. The quantitative estimate of drug-likeness (QED) is 0.192. The molecule has 206 valence electrons. The lowest BCUT2D eigenvalue weighted by atomic mass is 10.1. The second-order valence-electron chi connectivity index (χ2n) is 9.56. The summed E-state index contributed by atoms with van der Waals surface area (Å²) in [6.45, 7) is 1.87. The molecule has 0 saturated heterocycles. The minimum absolute atomic E-state index is 0.0231. The zero-order chi connectivity index (χ0) is 29.2. The molecule has 0 saturated carbocycles. The van der Waals surface area contributed by atoms with Gasteiger partial charge in [0.1, 0.15) is 10.7 Å². The SMILES string of the molecule is Cc1cccc(N2C(=O)C(Cl)=C(Nc3ccc(C(=O)Nc4nc(-c5ccccc5)c(-c5ccccc5)s4)cc3)C2=O)c1. The number of hydrogen-bond donors (Lipinski definition) is 2. The molecular formula is C33H23ClN4O3S. The van der Waals surface area contributed by atoms with E-state index in [9.17, 15) is 14.4 Å². The summed E-state index contributed by atoms with van der Waals surface area (Å²) >= 11 is 7.67. The van der Waals surface area contributed by atoms with Crippen molar-refractivity contribution in [1.82, 2.24) is 4.98 Å². The molecule has 0 unspecified atom stereocenters. The van der Waals surface area contributed by atoms with E-state index in [0.717, 1.165) is 32.2 Å². The summed E-state index contributed by atoms with van der Waals surface area (Å²) < 4.78 is 0. The highest BCUT2D eigenvalue weighted by Gasteiger charge is 2.39. The molecule has 2 N–H and O–H groups in total. The van der Waals surface area contributed by atoms with Crippen LogP contribution in [-0.2, 0) is 9.59 Å². The molecule has 0 fully saturated rings. The molecule has 0 spiro atoms. The van der Waals surface area contributed by atoms with E-state index in [0.29, 0.717) is 22.1 Å². The molecule has 2 heterocycles. The standard InChI is InChI=1S/C33H23ClN4O3S/c1-20-9-8-14-25(19-20)38-31(40)26(34)28(32(38)41)35-24-17-15-23(16-18-24)30(39)37-33-36-27(21-10-4-2-5-11-21)29(42-33)22-12-6-3-7-13-22/h2-19,35H,1H3,(H,36,37,39). The van der Waals surface area contributed by atoms with Crippen LogP contribution in [0.5, 0.6) is 0 Å². The van der Waals surface area contributed by atoms with Crippen LogP contribution in [0.15, 0.2) is 120 Å². The first-order chi connectivity index (χ1) is 20.4. The maximum Gasteiger partial charge on any atom is 0.283 e. The van der Waals surface area contributed by atoms with Gasteiger partial charge in [-0.3, -0.25) is 19.7 Å². The number of aromatic nitrogens is 1. The molecule has 0 bridgehead atoms. The lowest BCUT2D eigenvalue weighted by molar-refractivity contribution is -0.120. The van der Waals surface area contributed by atoms with Crippen LogP contribution in [0.25, 0.3) is 21.7 Å². The van der Waals surface area contributed by atoms with Crippen LogP contribution in [0.1, 0.15) is 15.9 Å². The van der Waals surface area contributed by atoms with Gasteiger partial charge < -0.3 is 5.32 Å². The number of halogens is 1. The topological polar surface area (TPSA) is 91.4 Å². The highest BCUT2D eigenvalue weighted by molar-refractivity contribution is 7.19. The first kappa shape index (κ1) is 27.1. The molecule has 1 aliphatic rings. The third kappa shape index (κ3) is 5.33. The Morgan fingerprint density at radius 2 is 1.48 bits per heavy atom. The van der Waals surface area contributed by atoms with Gasteiger partial charge in [0.05, 0.1) is 16.3 Å². The maximum absolute atomic E-state index is 13.1. The van der Waals surface area contributed by atoms with E-state index >= 15 is 0 Å². The van der Waals surface area contributed by atoms with Crippen molar-refractivity contribution in [1.29, 1.82) is 0 Å². The van der Waals surface area contributed by atoms with Crippen LogP contribution in [0, 0.1) is 6.92 Å². The van der Waals surface area contributed by atoms with Crippen molar-refractivity contribution in [3.05, 3.63) is 131 Å². The average molecular weight is 591 g/mol. The first-order valence-corrected chi connectivity index (χ1v) is 14.2. The molecule has 0 aliphatic carbocycles. The fourth-order valence-corrected chi connectivity index (χ4v) is 5.78. The second kappa shape index (κ2) is 11.4. The van der Waals surface area contributed by atoms with E-state index in [1.54, 1.807) is 42.5 Å². The minimum atomic E-state index is -0.598. The monoisotopic (exact) mass is 590 g/mol. The van der Waals surface area contributed by atoms with Gasteiger partial charge in [0.15, 0.2) is 5.13 Å². The van der Waals surface area contributed by atoms with Crippen LogP contribution in [-0.4, -0.2) is 22.7 Å². The number of aryl methyl sites for hydroxylation is 1. The lowest BCUT2D eigenvalue weighted by Gasteiger charge is -2.15. The summed E-state index contributed by atoms with van der Waals surface area (Å²) in [5.74, 6) is -1.48. The molecule has 1 aromatic heterocycles. The Hall–Kier alpha value is -5.05. The fourth-order valence-electron chi connectivity index (χ4n) is 4.58. The molecule has 9 heteroatoms. The number of imide groups is 1. The van der Waals surface area contributed by atoms with E-state index < -0.39 is 11.8 Å². The minimum Gasteiger partial charge on any atom is -0.350 e. The van der Waals surface area contributed by atoms with Crippen LogP contribution < -0.4 is 15.5 Å². The lowest BCUT2D eigenvalue weighted by Crippen LogP contribution is -2.32. The number of thiazole rings is 1. The Bertz CT molecular complexity index is 1790. The summed E-state index contributed by atoms with van der Waals surface area (Å²) in [5.41, 5.74) is 4.99. The van der Waals surface area contributed by atoms with Crippen molar-refractivity contribution in [2.45, 2.75) is 6.92 Å². The fraction of sp³-hybridized carbons (Fsp3) is 0.0303. The van der Waals surface area contributed by atoms with E-state index in [4.69, 9.17) is 16.6 Å². The van der Waals surface area contributed by atoms with Crippen molar-refractivity contribution in [3.8, 4) is 21.7 Å². The zero-order valence-electron chi connectivity index (χ0n) is 22.3. The van der Waals surface area contributed by atoms with Crippen molar-refractivity contribution in [2.75, 3.05) is 15.5 Å². The Labute approximate surface area is 251 Å². The summed E-state index contributed by atoms with van der Waals surface area (Å²) in [7, 11) is 0. The second-order valence-corrected chi connectivity index (χ2v) is 10.9. The molecular weight excluding hydrogens is 568 g/mol. The summed E-state index contributed by atoms with van der Waals surface area (Å²) in [4.78, 5) is 45.7.